The van der Waals surface area contributed by atoms with Gasteiger partial charge in [0.1, 0.15) is 11.4 Å². The maximum atomic E-state index is 14.5. The molecule has 4 aromatic rings. The van der Waals surface area contributed by atoms with Gasteiger partial charge in [-0.3, -0.25) is 19.3 Å². The topological polar surface area (TPSA) is 136 Å². The van der Waals surface area contributed by atoms with Crippen LogP contribution in [0.2, 0.25) is 0 Å². The molecule has 0 atom stereocenters. The standard InChI is InChI=1S/C49H54N4O6/c1-3-27-49(28-4-2)41-25-23-37(45(54)43(35-19-11-12-20-35)52-58-47(56)50-31-33-15-7-5-8-16-33)29-39(41)40-30-38(24-26-42(40)49)46(55)44(36-21-13-14-22-36)53-59-48(57)51-32-34-17-9-6-10-18-34/h5-10,15-18,23-26,29-30,35-36H,3-4,11-14,19-22,27-28,31-32H2,1-2H3,(H,50,56)(H,51,57)/b52-43+,53-44+. The van der Waals surface area contributed by atoms with Crippen LogP contribution in [-0.2, 0) is 28.2 Å². The molecule has 4 aromatic carbocycles. The molecule has 0 unspecified atom stereocenters. The molecule has 0 heterocycles. The summed E-state index contributed by atoms with van der Waals surface area (Å²) in [6, 6.07) is 30.8. The second-order valence-electron chi connectivity index (χ2n) is 16.1. The summed E-state index contributed by atoms with van der Waals surface area (Å²) in [4.78, 5) is 65.1. The Morgan fingerprint density at radius 1 is 0.576 bits per heavy atom. The van der Waals surface area contributed by atoms with E-state index in [9.17, 15) is 19.2 Å². The van der Waals surface area contributed by atoms with Crippen LogP contribution in [0.3, 0.4) is 0 Å². The van der Waals surface area contributed by atoms with Gasteiger partial charge in [0, 0.05) is 41.5 Å². The summed E-state index contributed by atoms with van der Waals surface area (Å²) in [6.07, 6.45) is 9.30. The summed E-state index contributed by atoms with van der Waals surface area (Å²) in [5, 5.41) is 13.9. The molecule has 2 fully saturated rings. The molecular weight excluding hydrogens is 741 g/mol. The van der Waals surface area contributed by atoms with Gasteiger partial charge in [-0.2, -0.15) is 0 Å². The Hall–Kier alpha value is -5.90. The first-order chi connectivity index (χ1) is 28.8. The largest absolute Gasteiger partial charge is 0.433 e. The highest BCUT2D eigenvalue weighted by molar-refractivity contribution is 6.47. The van der Waals surface area contributed by atoms with Gasteiger partial charge in [0.15, 0.2) is 0 Å². The van der Waals surface area contributed by atoms with E-state index in [0.29, 0.717) is 11.1 Å². The molecule has 7 rings (SSSR count). The number of Topliss-reactive ketones (excluding diaryl/α,β-unsaturated/α-hetero) is 2. The van der Waals surface area contributed by atoms with Gasteiger partial charge in [-0.1, -0.05) is 148 Å². The average molecular weight is 795 g/mol. The lowest BCUT2D eigenvalue weighted by Gasteiger charge is -2.32. The summed E-state index contributed by atoms with van der Waals surface area (Å²) >= 11 is 0. The van der Waals surface area contributed by atoms with Gasteiger partial charge in [-0.25, -0.2) is 9.59 Å². The van der Waals surface area contributed by atoms with Crippen molar-refractivity contribution < 1.29 is 28.9 Å². The lowest BCUT2D eigenvalue weighted by molar-refractivity contribution is 0.104. The van der Waals surface area contributed by atoms with E-state index in [1.165, 1.54) is 0 Å². The molecule has 2 saturated carbocycles. The molecule has 2 amide bonds. The third kappa shape index (κ3) is 9.38. The number of oxime groups is 2. The second-order valence-corrected chi connectivity index (χ2v) is 16.1. The van der Waals surface area contributed by atoms with Crippen LogP contribution in [-0.4, -0.2) is 35.2 Å². The number of amides is 2. The van der Waals surface area contributed by atoms with Crippen molar-refractivity contribution in [2.45, 2.75) is 109 Å². The molecule has 3 aliphatic carbocycles. The first-order valence-electron chi connectivity index (χ1n) is 21.3. The Bertz CT molecular complexity index is 2050. The number of carbonyl (C=O) groups is 4. The zero-order valence-electron chi connectivity index (χ0n) is 34.1. The van der Waals surface area contributed by atoms with Gasteiger partial charge >= 0.3 is 12.2 Å². The molecule has 0 aromatic heterocycles. The highest BCUT2D eigenvalue weighted by Gasteiger charge is 2.43. The molecule has 3 aliphatic rings. The van der Waals surface area contributed by atoms with Crippen molar-refractivity contribution in [1.29, 1.82) is 0 Å². The maximum Gasteiger partial charge on any atom is 0.433 e. The Balaban J connectivity index is 1.19. The normalized spacial score (nSPS) is 16.3. The highest BCUT2D eigenvalue weighted by atomic mass is 16.7. The number of ketones is 2. The number of carbonyl (C=O) groups excluding carboxylic acids is 4. The molecule has 0 saturated heterocycles. The molecule has 0 aliphatic heterocycles. The zero-order chi connectivity index (χ0) is 41.2. The molecule has 10 nitrogen and oxygen atoms in total. The number of hydrogen-bond donors (Lipinski definition) is 2. The van der Waals surface area contributed by atoms with Crippen molar-refractivity contribution in [2.75, 3.05) is 0 Å². The average Bonchev–Trinajstić information content (AvgIpc) is 4.05. The van der Waals surface area contributed by atoms with E-state index < -0.39 is 12.2 Å². The number of fused-ring (bicyclic) bond motifs is 3. The van der Waals surface area contributed by atoms with E-state index in [1.54, 1.807) is 0 Å². The fraction of sp³-hybridized carbons (Fsp3) is 0.388. The van der Waals surface area contributed by atoms with Crippen molar-refractivity contribution in [3.05, 3.63) is 130 Å². The van der Waals surface area contributed by atoms with Gasteiger partial charge in [-0.15, -0.1) is 0 Å². The minimum Gasteiger partial charge on any atom is -0.316 e. The summed E-state index contributed by atoms with van der Waals surface area (Å²) in [5.74, 6) is -0.786. The second kappa shape index (κ2) is 19.2. The van der Waals surface area contributed by atoms with Crippen molar-refractivity contribution in [3.63, 3.8) is 0 Å². The minimum absolute atomic E-state index is 0.121. The Labute approximate surface area is 346 Å². The van der Waals surface area contributed by atoms with Crippen LogP contribution in [0.25, 0.3) is 11.1 Å². The third-order valence-electron chi connectivity index (χ3n) is 12.2. The number of nitrogens with zero attached hydrogens (tertiary/aromatic N) is 2. The van der Waals surface area contributed by atoms with E-state index in [2.05, 4.69) is 46.9 Å². The minimum atomic E-state index is -0.722. The van der Waals surface area contributed by atoms with E-state index in [0.717, 1.165) is 110 Å². The Kier molecular flexibility index (Phi) is 13.5. The van der Waals surface area contributed by atoms with E-state index in [-0.39, 0.29) is 53.3 Å². The van der Waals surface area contributed by atoms with Crippen LogP contribution < -0.4 is 10.6 Å². The molecule has 306 valence electrons. The SMILES string of the molecule is CCCC1(CCC)c2ccc(C(=O)/C(=N/OC(=O)NCc3ccccc3)C3CCCC3)cc2-c2cc(C(=O)/C(=N/OC(=O)NCc3ccccc3)C3CCCC3)ccc21. The highest BCUT2D eigenvalue weighted by Crippen LogP contribution is 2.54. The smallest absolute Gasteiger partial charge is 0.316 e. The van der Waals surface area contributed by atoms with Crippen LogP contribution in [0.4, 0.5) is 9.59 Å². The van der Waals surface area contributed by atoms with E-state index in [1.807, 2.05) is 84.9 Å². The summed E-state index contributed by atoms with van der Waals surface area (Å²) < 4.78 is 0. The molecular formula is C49H54N4O6. The van der Waals surface area contributed by atoms with Gasteiger partial charge in [0.2, 0.25) is 11.6 Å². The lowest BCUT2D eigenvalue weighted by atomic mass is 9.71. The fourth-order valence-corrected chi connectivity index (χ4v) is 9.40. The Morgan fingerprint density at radius 3 is 1.34 bits per heavy atom. The van der Waals surface area contributed by atoms with Crippen LogP contribution in [0, 0.1) is 11.8 Å². The Morgan fingerprint density at radius 2 is 0.966 bits per heavy atom. The van der Waals surface area contributed by atoms with Crippen molar-refractivity contribution in [1.82, 2.24) is 10.6 Å². The predicted octanol–water partition coefficient (Wildman–Crippen LogP) is 10.9. The number of hydrogen-bond acceptors (Lipinski definition) is 8. The quantitative estimate of drug-likeness (QED) is 0.0502. The van der Waals surface area contributed by atoms with E-state index in [4.69, 9.17) is 9.68 Å². The van der Waals surface area contributed by atoms with Gasteiger partial charge in [0.25, 0.3) is 0 Å². The molecule has 2 N–H and O–H groups in total. The van der Waals surface area contributed by atoms with Crippen molar-refractivity contribution in [2.24, 2.45) is 22.1 Å². The number of nitrogens with one attached hydrogen (secondary N) is 2. The molecule has 0 spiro atoms. The van der Waals surface area contributed by atoms with Gasteiger partial charge < -0.3 is 10.6 Å². The van der Waals surface area contributed by atoms with Crippen LogP contribution in [0.15, 0.2) is 107 Å². The summed E-state index contributed by atoms with van der Waals surface area (Å²) in [6.45, 7) is 4.93. The molecule has 59 heavy (non-hydrogen) atoms. The summed E-state index contributed by atoms with van der Waals surface area (Å²) in [5.41, 5.74) is 7.04. The monoisotopic (exact) mass is 794 g/mol. The maximum absolute atomic E-state index is 14.5. The van der Waals surface area contributed by atoms with Gasteiger partial charge in [-0.05, 0) is 84.0 Å². The van der Waals surface area contributed by atoms with Gasteiger partial charge in [0.05, 0.1) is 0 Å². The molecule has 10 heteroatoms. The lowest BCUT2D eigenvalue weighted by Crippen LogP contribution is -2.27. The molecule has 0 bridgehead atoms. The van der Waals surface area contributed by atoms with Crippen LogP contribution in [0.1, 0.15) is 134 Å². The number of rotatable bonds is 16. The van der Waals surface area contributed by atoms with Crippen molar-refractivity contribution in [3.8, 4) is 11.1 Å². The summed E-state index contributed by atoms with van der Waals surface area (Å²) in [7, 11) is 0. The first kappa shape index (κ1) is 41.3. The van der Waals surface area contributed by atoms with E-state index >= 15 is 0 Å². The van der Waals surface area contributed by atoms with Crippen LogP contribution >= 0.6 is 0 Å². The zero-order valence-corrected chi connectivity index (χ0v) is 34.1. The molecule has 0 radical (unpaired) electrons. The first-order valence-corrected chi connectivity index (χ1v) is 21.3. The van der Waals surface area contributed by atoms with Crippen LogP contribution in [0.5, 0.6) is 0 Å². The van der Waals surface area contributed by atoms with Crippen molar-refractivity contribution >= 4 is 35.2 Å². The third-order valence-corrected chi connectivity index (χ3v) is 12.2. The number of benzene rings is 4. The predicted molar refractivity (Wildman–Crippen MR) is 229 cm³/mol. The fourth-order valence-electron chi connectivity index (χ4n) is 9.40.